The van der Waals surface area contributed by atoms with E-state index >= 15 is 4.39 Å². The summed E-state index contributed by atoms with van der Waals surface area (Å²) in [5.74, 6) is 0.495. The molecular formula is C22H34FN5O. The Labute approximate surface area is 173 Å². The second-order valence-corrected chi connectivity index (χ2v) is 9.09. The van der Waals surface area contributed by atoms with Crippen LogP contribution in [0.2, 0.25) is 0 Å². The molecule has 1 saturated heterocycles. The molecule has 4 rings (SSSR count). The second kappa shape index (κ2) is 8.22. The molecule has 7 heteroatoms. The average Bonchev–Trinajstić information content (AvgIpc) is 2.86. The van der Waals surface area contributed by atoms with Crippen molar-refractivity contribution in [3.63, 3.8) is 0 Å². The van der Waals surface area contributed by atoms with E-state index in [0.29, 0.717) is 23.9 Å². The van der Waals surface area contributed by atoms with E-state index in [4.69, 9.17) is 4.74 Å². The van der Waals surface area contributed by atoms with E-state index in [1.165, 1.54) is 0 Å². The van der Waals surface area contributed by atoms with Crippen molar-refractivity contribution in [2.45, 2.75) is 63.9 Å². The maximum Gasteiger partial charge on any atom is 0.157 e. The van der Waals surface area contributed by atoms with Crippen LogP contribution in [-0.2, 0) is 5.41 Å². The molecule has 3 aliphatic rings. The molecule has 0 bridgehead atoms. The first-order valence-corrected chi connectivity index (χ1v) is 10.7. The fourth-order valence-electron chi connectivity index (χ4n) is 4.51. The summed E-state index contributed by atoms with van der Waals surface area (Å²) in [6, 6.07) is 2.26. The number of halogens is 1. The smallest absolute Gasteiger partial charge is 0.157 e. The van der Waals surface area contributed by atoms with Gasteiger partial charge in [-0.3, -0.25) is 10.6 Å². The third kappa shape index (κ3) is 4.14. The van der Waals surface area contributed by atoms with Crippen molar-refractivity contribution in [1.29, 1.82) is 0 Å². The van der Waals surface area contributed by atoms with Crippen LogP contribution in [0.15, 0.2) is 12.1 Å². The maximum absolute atomic E-state index is 15.9. The molecule has 0 radical (unpaired) electrons. The molecule has 3 heterocycles. The first kappa shape index (κ1) is 20.6. The van der Waals surface area contributed by atoms with Crippen molar-refractivity contribution in [2.24, 2.45) is 0 Å². The van der Waals surface area contributed by atoms with Gasteiger partial charge in [0.25, 0.3) is 0 Å². The number of hydrogen-bond acceptors (Lipinski definition) is 6. The topological polar surface area (TPSA) is 69.4 Å². The molecule has 0 amide bonds. The average molecular weight is 404 g/mol. The molecule has 29 heavy (non-hydrogen) atoms. The summed E-state index contributed by atoms with van der Waals surface area (Å²) in [4.78, 5) is 0. The van der Waals surface area contributed by atoms with Crippen LogP contribution in [0.25, 0.3) is 5.57 Å². The fourth-order valence-corrected chi connectivity index (χ4v) is 4.51. The van der Waals surface area contributed by atoms with Gasteiger partial charge < -0.3 is 20.7 Å². The molecule has 160 valence electrons. The molecule has 5 N–H and O–H groups in total. The first-order chi connectivity index (χ1) is 13.9. The van der Waals surface area contributed by atoms with Crippen LogP contribution in [0.3, 0.4) is 0 Å². The number of anilines is 1. The highest BCUT2D eigenvalue weighted by Gasteiger charge is 2.37. The molecule has 0 saturated carbocycles. The lowest BCUT2D eigenvalue weighted by atomic mass is 9.84. The summed E-state index contributed by atoms with van der Waals surface area (Å²) in [5.41, 5.74) is 3.11. The minimum atomic E-state index is -0.225. The lowest BCUT2D eigenvalue weighted by Crippen LogP contribution is -2.63. The Hall–Kier alpha value is -1.67. The largest absolute Gasteiger partial charge is 0.492 e. The van der Waals surface area contributed by atoms with Crippen LogP contribution in [0.5, 0.6) is 5.75 Å². The van der Waals surface area contributed by atoms with Gasteiger partial charge in [-0.25, -0.2) is 4.39 Å². The van der Waals surface area contributed by atoms with E-state index in [-0.39, 0.29) is 23.7 Å². The van der Waals surface area contributed by atoms with Gasteiger partial charge in [-0.1, -0.05) is 19.9 Å². The van der Waals surface area contributed by atoms with Crippen molar-refractivity contribution < 1.29 is 9.13 Å². The van der Waals surface area contributed by atoms with Gasteiger partial charge in [-0.05, 0) is 51.4 Å². The lowest BCUT2D eigenvalue weighted by molar-refractivity contribution is 0.249. The molecule has 0 aliphatic carbocycles. The predicted octanol–water partition coefficient (Wildman–Crippen LogP) is 2.47. The molecule has 3 aliphatic heterocycles. The highest BCUT2D eigenvalue weighted by molar-refractivity contribution is 5.78. The fraction of sp³-hybridized carbons (Fsp3) is 0.636. The molecule has 3 unspecified atom stereocenters. The zero-order valence-electron chi connectivity index (χ0n) is 17.9. The second-order valence-electron chi connectivity index (χ2n) is 9.09. The van der Waals surface area contributed by atoms with E-state index in [0.717, 1.165) is 49.2 Å². The minimum absolute atomic E-state index is 0.147. The van der Waals surface area contributed by atoms with Gasteiger partial charge in [-0.15, -0.1) is 0 Å². The predicted molar refractivity (Wildman–Crippen MR) is 116 cm³/mol. The molecule has 0 aromatic heterocycles. The maximum atomic E-state index is 15.9. The summed E-state index contributed by atoms with van der Waals surface area (Å²) in [7, 11) is 1.94. The highest BCUT2D eigenvalue weighted by atomic mass is 19.1. The van der Waals surface area contributed by atoms with E-state index < -0.39 is 0 Å². The molecule has 1 aromatic rings. The Kier molecular flexibility index (Phi) is 5.84. The van der Waals surface area contributed by atoms with E-state index in [9.17, 15) is 0 Å². The van der Waals surface area contributed by atoms with Gasteiger partial charge >= 0.3 is 0 Å². The van der Waals surface area contributed by atoms with Crippen LogP contribution in [-0.4, -0.2) is 45.2 Å². The zero-order chi connectivity index (χ0) is 20.6. The number of allylic oxidation sites excluding steroid dienone is 1. The Morgan fingerprint density at radius 3 is 2.90 bits per heavy atom. The van der Waals surface area contributed by atoms with Crippen LogP contribution in [0.4, 0.5) is 10.1 Å². The van der Waals surface area contributed by atoms with Gasteiger partial charge in [0.15, 0.2) is 5.82 Å². The highest BCUT2D eigenvalue weighted by Crippen LogP contribution is 2.47. The third-order valence-corrected chi connectivity index (χ3v) is 6.19. The minimum Gasteiger partial charge on any atom is -0.492 e. The molecule has 3 atom stereocenters. The molecule has 6 nitrogen and oxygen atoms in total. The van der Waals surface area contributed by atoms with Gasteiger partial charge in [-0.2, -0.15) is 0 Å². The normalized spacial score (nSPS) is 28.9. The SMILES string of the molecule is CNC1CC(C)NC(Nc2cc3c(c(C4=CCNCCC4)c2F)OCC3(C)C)N1. The number of rotatable bonds is 4. The summed E-state index contributed by atoms with van der Waals surface area (Å²) >= 11 is 0. The van der Waals surface area contributed by atoms with Gasteiger partial charge in [0.2, 0.25) is 0 Å². The third-order valence-electron chi connectivity index (χ3n) is 6.19. The van der Waals surface area contributed by atoms with E-state index in [1.54, 1.807) is 0 Å². The lowest BCUT2D eigenvalue weighted by Gasteiger charge is -2.37. The van der Waals surface area contributed by atoms with Crippen molar-refractivity contribution in [1.82, 2.24) is 21.3 Å². The molecule has 1 aromatic carbocycles. The van der Waals surface area contributed by atoms with Crippen LogP contribution in [0, 0.1) is 5.82 Å². The Morgan fingerprint density at radius 1 is 1.28 bits per heavy atom. The van der Waals surface area contributed by atoms with Gasteiger partial charge in [0.05, 0.1) is 24.0 Å². The number of fused-ring (bicyclic) bond motifs is 1. The van der Waals surface area contributed by atoms with E-state index in [1.807, 2.05) is 13.1 Å². The van der Waals surface area contributed by atoms with Crippen LogP contribution >= 0.6 is 0 Å². The molecular weight excluding hydrogens is 369 g/mol. The number of ether oxygens (including phenoxy) is 1. The number of benzene rings is 1. The van der Waals surface area contributed by atoms with Crippen molar-refractivity contribution in [3.05, 3.63) is 29.1 Å². The van der Waals surface area contributed by atoms with Crippen molar-refractivity contribution >= 4 is 11.3 Å². The van der Waals surface area contributed by atoms with Crippen LogP contribution in [0.1, 0.15) is 51.2 Å². The quantitative estimate of drug-likeness (QED) is 0.532. The zero-order valence-corrected chi connectivity index (χ0v) is 17.9. The summed E-state index contributed by atoms with van der Waals surface area (Å²) < 4.78 is 21.9. The molecule has 1 fully saturated rings. The van der Waals surface area contributed by atoms with Crippen molar-refractivity contribution in [2.75, 3.05) is 32.1 Å². The monoisotopic (exact) mass is 403 g/mol. The van der Waals surface area contributed by atoms with Gasteiger partial charge in [0.1, 0.15) is 12.0 Å². The van der Waals surface area contributed by atoms with E-state index in [2.05, 4.69) is 53.4 Å². The Morgan fingerprint density at radius 2 is 2.10 bits per heavy atom. The standard InChI is InChI=1S/C22H34FN5O/c1-13-10-17(24-4)28-21(26-13)27-16-11-15-20(29-12-22(15,2)3)18(19(16)23)14-6-5-8-25-9-7-14/h7,11,13,17,21,24-28H,5-6,8-10,12H2,1-4H3. The van der Waals surface area contributed by atoms with Crippen molar-refractivity contribution in [3.8, 4) is 5.75 Å². The first-order valence-electron chi connectivity index (χ1n) is 10.7. The summed E-state index contributed by atoms with van der Waals surface area (Å²) in [6.07, 6.45) is 4.88. The Bertz CT molecular complexity index is 794. The van der Waals surface area contributed by atoms with Crippen LogP contribution < -0.4 is 31.3 Å². The summed E-state index contributed by atoms with van der Waals surface area (Å²) in [6.45, 7) is 8.74. The summed E-state index contributed by atoms with van der Waals surface area (Å²) in [5, 5.41) is 16.9. The van der Waals surface area contributed by atoms with Gasteiger partial charge in [0, 0.05) is 23.6 Å². The Balaban J connectivity index is 1.73. The number of nitrogens with one attached hydrogen (secondary N) is 5. The number of hydrogen-bond donors (Lipinski definition) is 5. The molecule has 0 spiro atoms.